The highest BCUT2D eigenvalue weighted by Crippen LogP contribution is 2.25. The predicted octanol–water partition coefficient (Wildman–Crippen LogP) is 3.70. The van der Waals surface area contributed by atoms with Crippen LogP contribution in [0.2, 0.25) is 0 Å². The number of hydrogen-bond donors (Lipinski definition) is 2. The minimum absolute atomic E-state index is 0.118. The first-order valence-corrected chi connectivity index (χ1v) is 7.67. The van der Waals surface area contributed by atoms with E-state index >= 15 is 0 Å². The fraction of sp³-hybridized carbons (Fsp3) is 0.278. The van der Waals surface area contributed by atoms with Crippen molar-refractivity contribution in [1.82, 2.24) is 0 Å². The van der Waals surface area contributed by atoms with Crippen molar-refractivity contribution >= 4 is 17.3 Å². The van der Waals surface area contributed by atoms with E-state index in [1.807, 2.05) is 30.3 Å². The number of ether oxygens (including phenoxy) is 1. The third kappa shape index (κ3) is 3.22. The number of hydrogen-bond acceptors (Lipinski definition) is 3. The van der Waals surface area contributed by atoms with Crippen LogP contribution < -0.4 is 15.4 Å². The fourth-order valence-corrected chi connectivity index (χ4v) is 2.53. The molecule has 2 N–H and O–H groups in total. The molecule has 0 saturated heterocycles. The molecule has 0 bridgehead atoms. The number of nitrogens with one attached hydrogen (secondary N) is 2. The number of anilines is 2. The van der Waals surface area contributed by atoms with Gasteiger partial charge < -0.3 is 15.4 Å². The molecule has 0 saturated carbocycles. The summed E-state index contributed by atoms with van der Waals surface area (Å²) in [6.45, 7) is 3.67. The van der Waals surface area contributed by atoms with Crippen LogP contribution in [0, 0.1) is 0 Å². The molecule has 22 heavy (non-hydrogen) atoms. The highest BCUT2D eigenvalue weighted by Gasteiger charge is 2.12. The zero-order chi connectivity index (χ0) is 15.4. The Labute approximate surface area is 130 Å². The summed E-state index contributed by atoms with van der Waals surface area (Å²) in [7, 11) is 0. The quantitative estimate of drug-likeness (QED) is 0.884. The van der Waals surface area contributed by atoms with Crippen LogP contribution in [0.5, 0.6) is 5.75 Å². The van der Waals surface area contributed by atoms with Crippen LogP contribution in [0.25, 0.3) is 0 Å². The number of carbonyl (C=O) groups is 1. The maximum absolute atomic E-state index is 12.4. The fourth-order valence-electron chi connectivity index (χ4n) is 2.53. The molecule has 2 aromatic carbocycles. The van der Waals surface area contributed by atoms with Gasteiger partial charge in [-0.05, 0) is 54.8 Å². The third-order valence-electron chi connectivity index (χ3n) is 3.64. The van der Waals surface area contributed by atoms with Crippen LogP contribution in [0.1, 0.15) is 29.3 Å². The Kier molecular flexibility index (Phi) is 4.28. The third-order valence-corrected chi connectivity index (χ3v) is 3.64. The Hall–Kier alpha value is -2.49. The van der Waals surface area contributed by atoms with Crippen molar-refractivity contribution in [1.29, 1.82) is 0 Å². The first-order valence-electron chi connectivity index (χ1n) is 7.67. The molecule has 1 aliphatic heterocycles. The van der Waals surface area contributed by atoms with Gasteiger partial charge in [-0.3, -0.25) is 4.79 Å². The summed E-state index contributed by atoms with van der Waals surface area (Å²) in [5, 5.41) is 6.26. The maximum atomic E-state index is 12.4. The van der Waals surface area contributed by atoms with E-state index in [1.54, 1.807) is 12.1 Å². The Morgan fingerprint density at radius 3 is 3.05 bits per heavy atom. The summed E-state index contributed by atoms with van der Waals surface area (Å²) in [6, 6.07) is 13.2. The van der Waals surface area contributed by atoms with Gasteiger partial charge in [0.25, 0.3) is 5.91 Å². The molecule has 4 heteroatoms. The second kappa shape index (κ2) is 6.52. The van der Waals surface area contributed by atoms with Gasteiger partial charge in [0.1, 0.15) is 5.75 Å². The highest BCUT2D eigenvalue weighted by atomic mass is 16.5. The number of rotatable bonds is 5. The van der Waals surface area contributed by atoms with Gasteiger partial charge >= 0.3 is 0 Å². The van der Waals surface area contributed by atoms with E-state index in [0.717, 1.165) is 36.5 Å². The van der Waals surface area contributed by atoms with E-state index in [-0.39, 0.29) is 5.91 Å². The van der Waals surface area contributed by atoms with E-state index in [2.05, 4.69) is 17.6 Å². The largest absolute Gasteiger partial charge is 0.494 e. The molecule has 114 valence electrons. The molecule has 0 spiro atoms. The molecule has 2 aromatic rings. The normalized spacial score (nSPS) is 12.4. The molecule has 0 unspecified atom stereocenters. The van der Waals surface area contributed by atoms with Crippen LogP contribution in [0.4, 0.5) is 11.4 Å². The molecular formula is C18H20N2O2. The Balaban J connectivity index is 1.71. The Morgan fingerprint density at radius 1 is 1.27 bits per heavy atom. The van der Waals surface area contributed by atoms with Crippen LogP contribution in [0.15, 0.2) is 42.5 Å². The lowest BCUT2D eigenvalue weighted by Crippen LogP contribution is -2.12. The van der Waals surface area contributed by atoms with Gasteiger partial charge in [0.2, 0.25) is 0 Å². The average Bonchev–Trinajstić information content (AvgIpc) is 3.01. The second-order valence-corrected chi connectivity index (χ2v) is 5.38. The Bertz CT molecular complexity index is 683. The summed E-state index contributed by atoms with van der Waals surface area (Å²) in [5.41, 5.74) is 3.84. The lowest BCUT2D eigenvalue weighted by atomic mass is 10.1. The standard InChI is InChI=1S/C18H20N2O2/c1-2-10-22-16-5-3-4-14(12-16)18(21)20-15-6-7-17-13(11-15)8-9-19-17/h3-7,11-12,19H,2,8-10H2,1H3,(H,20,21). The van der Waals surface area contributed by atoms with Gasteiger partial charge in [-0.2, -0.15) is 0 Å². The minimum atomic E-state index is -0.118. The van der Waals surface area contributed by atoms with Gasteiger partial charge in [0, 0.05) is 23.5 Å². The van der Waals surface area contributed by atoms with Crippen molar-refractivity contribution in [2.75, 3.05) is 23.8 Å². The van der Waals surface area contributed by atoms with E-state index in [9.17, 15) is 4.79 Å². The number of amides is 1. The number of benzene rings is 2. The van der Waals surface area contributed by atoms with Crippen molar-refractivity contribution in [3.05, 3.63) is 53.6 Å². The summed E-state index contributed by atoms with van der Waals surface area (Å²) >= 11 is 0. The van der Waals surface area contributed by atoms with Gasteiger partial charge in [-0.15, -0.1) is 0 Å². The van der Waals surface area contributed by atoms with E-state index in [4.69, 9.17) is 4.74 Å². The second-order valence-electron chi connectivity index (χ2n) is 5.38. The zero-order valence-corrected chi connectivity index (χ0v) is 12.7. The smallest absolute Gasteiger partial charge is 0.255 e. The van der Waals surface area contributed by atoms with Gasteiger partial charge in [0.15, 0.2) is 0 Å². The Morgan fingerprint density at radius 2 is 2.18 bits per heavy atom. The first-order chi connectivity index (χ1) is 10.8. The maximum Gasteiger partial charge on any atom is 0.255 e. The number of carbonyl (C=O) groups excluding carboxylic acids is 1. The molecule has 3 rings (SSSR count). The summed E-state index contributed by atoms with van der Waals surface area (Å²) in [6.07, 6.45) is 1.94. The zero-order valence-electron chi connectivity index (χ0n) is 12.7. The molecule has 0 aromatic heterocycles. The predicted molar refractivity (Wildman–Crippen MR) is 88.8 cm³/mol. The van der Waals surface area contributed by atoms with Crippen LogP contribution in [-0.4, -0.2) is 19.1 Å². The molecule has 0 radical (unpaired) electrons. The highest BCUT2D eigenvalue weighted by molar-refractivity contribution is 6.04. The van der Waals surface area contributed by atoms with Crippen LogP contribution >= 0.6 is 0 Å². The van der Waals surface area contributed by atoms with Crippen molar-refractivity contribution in [2.24, 2.45) is 0 Å². The SMILES string of the molecule is CCCOc1cccc(C(=O)Nc2ccc3c(c2)CCN3)c1. The van der Waals surface area contributed by atoms with E-state index in [1.165, 1.54) is 5.56 Å². The molecule has 1 amide bonds. The average molecular weight is 296 g/mol. The lowest BCUT2D eigenvalue weighted by Gasteiger charge is -2.09. The molecule has 0 fully saturated rings. The van der Waals surface area contributed by atoms with Crippen molar-refractivity contribution in [3.8, 4) is 5.75 Å². The summed E-state index contributed by atoms with van der Waals surface area (Å²) < 4.78 is 5.57. The van der Waals surface area contributed by atoms with E-state index < -0.39 is 0 Å². The van der Waals surface area contributed by atoms with E-state index in [0.29, 0.717) is 12.2 Å². The van der Waals surface area contributed by atoms with Gasteiger partial charge in [-0.25, -0.2) is 0 Å². The number of fused-ring (bicyclic) bond motifs is 1. The van der Waals surface area contributed by atoms with Crippen LogP contribution in [-0.2, 0) is 6.42 Å². The summed E-state index contributed by atoms with van der Waals surface area (Å²) in [5.74, 6) is 0.612. The lowest BCUT2D eigenvalue weighted by molar-refractivity contribution is 0.102. The van der Waals surface area contributed by atoms with Gasteiger partial charge in [-0.1, -0.05) is 13.0 Å². The topological polar surface area (TPSA) is 50.4 Å². The molecule has 1 aliphatic rings. The molecule has 0 atom stereocenters. The van der Waals surface area contributed by atoms with Crippen molar-refractivity contribution in [2.45, 2.75) is 19.8 Å². The van der Waals surface area contributed by atoms with Crippen LogP contribution in [0.3, 0.4) is 0 Å². The summed E-state index contributed by atoms with van der Waals surface area (Å²) in [4.78, 5) is 12.4. The molecule has 4 nitrogen and oxygen atoms in total. The monoisotopic (exact) mass is 296 g/mol. The minimum Gasteiger partial charge on any atom is -0.494 e. The first kappa shape index (κ1) is 14.4. The van der Waals surface area contributed by atoms with Gasteiger partial charge in [0.05, 0.1) is 6.61 Å². The molecule has 1 heterocycles. The van der Waals surface area contributed by atoms with Crippen molar-refractivity contribution < 1.29 is 9.53 Å². The molecule has 0 aliphatic carbocycles. The van der Waals surface area contributed by atoms with Crippen molar-refractivity contribution in [3.63, 3.8) is 0 Å². The molecular weight excluding hydrogens is 276 g/mol.